The fourth-order valence-electron chi connectivity index (χ4n) is 6.97. The number of halogens is 3. The minimum atomic E-state index is -4.40. The van der Waals surface area contributed by atoms with Crippen LogP contribution in [-0.4, -0.2) is 32.0 Å². The summed E-state index contributed by atoms with van der Waals surface area (Å²) in [6, 6.07) is 21.0. The van der Waals surface area contributed by atoms with E-state index in [4.69, 9.17) is 0 Å². The van der Waals surface area contributed by atoms with Gasteiger partial charge in [0.05, 0.1) is 46.4 Å². The van der Waals surface area contributed by atoms with Crippen molar-refractivity contribution in [1.82, 2.24) is 30.6 Å². The minimum Gasteiger partial charge on any atom is -0.334 e. The molecule has 1 atom stereocenters. The number of carbonyl (C=O) groups excluding carboxylic acids is 2. The Balaban J connectivity index is 0.000000195. The molecule has 13 heteroatoms. The van der Waals surface area contributed by atoms with E-state index in [0.29, 0.717) is 23.2 Å². The number of fused-ring (bicyclic) bond motifs is 3. The summed E-state index contributed by atoms with van der Waals surface area (Å²) >= 11 is 0. The number of aromatic nitrogens is 4. The molecule has 0 saturated heterocycles. The predicted molar refractivity (Wildman–Crippen MR) is 220 cm³/mol. The summed E-state index contributed by atoms with van der Waals surface area (Å²) in [5.74, 6) is 0. The van der Waals surface area contributed by atoms with Crippen LogP contribution in [0, 0.1) is 5.41 Å². The Labute approximate surface area is 331 Å². The van der Waals surface area contributed by atoms with Gasteiger partial charge in [0, 0.05) is 24.4 Å². The number of nitrogens with zero attached hydrogens (tertiary/aromatic N) is 3. The van der Waals surface area contributed by atoms with Gasteiger partial charge in [-0.15, -0.1) is 0 Å². The number of aryl methyl sites for hydroxylation is 3. The molecule has 0 fully saturated rings. The second kappa shape index (κ2) is 16.3. The average molecular weight is 781 g/mol. The first-order chi connectivity index (χ1) is 26.9. The smallest absolute Gasteiger partial charge is 0.334 e. The maximum absolute atomic E-state index is 13.2. The summed E-state index contributed by atoms with van der Waals surface area (Å²) in [6.45, 7) is 12.9. The Morgan fingerprint density at radius 3 is 2.25 bits per heavy atom. The zero-order chi connectivity index (χ0) is 41.1. The fraction of sp³-hybridized carbons (Fsp3) is 0.364. The maximum Gasteiger partial charge on any atom is 0.416 e. The molecule has 0 aliphatic heterocycles. The number of hydrogen-bond acceptors (Lipinski definition) is 4. The Morgan fingerprint density at radius 1 is 0.825 bits per heavy atom. The second-order valence-corrected chi connectivity index (χ2v) is 16.8. The van der Waals surface area contributed by atoms with Gasteiger partial charge in [0.1, 0.15) is 0 Å². The maximum atomic E-state index is 13.2. The first kappa shape index (κ1) is 40.8. The van der Waals surface area contributed by atoms with Gasteiger partial charge in [-0.05, 0) is 101 Å². The van der Waals surface area contributed by atoms with E-state index in [2.05, 4.69) is 75.5 Å². The van der Waals surface area contributed by atoms with Crippen LogP contribution in [0.25, 0.3) is 21.8 Å². The van der Waals surface area contributed by atoms with E-state index in [0.717, 1.165) is 52.8 Å². The molecule has 1 unspecified atom stereocenters. The number of H-pyrrole nitrogens is 1. The van der Waals surface area contributed by atoms with Crippen LogP contribution in [0.3, 0.4) is 0 Å². The molecular formula is C44H51F3N8O2. The molecule has 0 spiro atoms. The molecule has 4 amide bonds. The highest BCUT2D eigenvalue weighted by molar-refractivity contribution is 6.01. The third kappa shape index (κ3) is 10.1. The average Bonchev–Trinajstić information content (AvgIpc) is 3.89. The van der Waals surface area contributed by atoms with E-state index in [1.165, 1.54) is 28.8 Å². The molecule has 7 rings (SSSR count). The molecule has 10 nitrogen and oxygen atoms in total. The van der Waals surface area contributed by atoms with Gasteiger partial charge in [0.2, 0.25) is 0 Å². The highest BCUT2D eigenvalue weighted by Crippen LogP contribution is 2.35. The lowest BCUT2D eigenvalue weighted by molar-refractivity contribution is -0.137. The van der Waals surface area contributed by atoms with Crippen LogP contribution in [0.15, 0.2) is 85.2 Å². The summed E-state index contributed by atoms with van der Waals surface area (Å²) in [7, 11) is 1.82. The van der Waals surface area contributed by atoms with E-state index in [1.54, 1.807) is 23.1 Å². The number of aromatic amines is 1. The van der Waals surface area contributed by atoms with E-state index < -0.39 is 17.8 Å². The van der Waals surface area contributed by atoms with Crippen LogP contribution in [-0.2, 0) is 38.0 Å². The SMILES string of the molecule is CC(C)(C)c1ccc2c(c1)CCC2NC(=O)Nc1cccc2[nH]ncc12.Cn1ncc2c(NC(=O)NCc3ccc(C(F)(F)F)cc3CCC(C)(C)C)cccc21. The molecule has 1 aliphatic carbocycles. The fourth-order valence-corrected chi connectivity index (χ4v) is 6.97. The molecule has 2 heterocycles. The van der Waals surface area contributed by atoms with Gasteiger partial charge >= 0.3 is 18.2 Å². The summed E-state index contributed by atoms with van der Waals surface area (Å²) in [5, 5.41) is 24.5. The molecule has 0 bridgehead atoms. The molecule has 6 aromatic rings. The molecular weight excluding hydrogens is 730 g/mol. The third-order valence-electron chi connectivity index (χ3n) is 10.3. The van der Waals surface area contributed by atoms with Crippen LogP contribution in [0.4, 0.5) is 34.1 Å². The van der Waals surface area contributed by atoms with Crippen molar-refractivity contribution in [2.24, 2.45) is 12.5 Å². The summed E-state index contributed by atoms with van der Waals surface area (Å²) in [5.41, 5.74) is 7.80. The lowest BCUT2D eigenvalue weighted by Crippen LogP contribution is -2.31. The lowest BCUT2D eigenvalue weighted by Gasteiger charge is -2.21. The van der Waals surface area contributed by atoms with Gasteiger partial charge in [-0.25, -0.2) is 9.59 Å². The Morgan fingerprint density at radius 2 is 1.53 bits per heavy atom. The number of anilines is 2. The van der Waals surface area contributed by atoms with Crippen molar-refractivity contribution in [2.75, 3.05) is 10.6 Å². The van der Waals surface area contributed by atoms with Crippen LogP contribution < -0.4 is 21.3 Å². The van der Waals surface area contributed by atoms with Crippen molar-refractivity contribution in [2.45, 2.75) is 91.4 Å². The van der Waals surface area contributed by atoms with Gasteiger partial charge in [-0.2, -0.15) is 23.4 Å². The first-order valence-electron chi connectivity index (χ1n) is 19.1. The topological polar surface area (TPSA) is 129 Å². The molecule has 2 aromatic heterocycles. The number of hydrogen-bond donors (Lipinski definition) is 5. The van der Waals surface area contributed by atoms with Gasteiger partial charge in [-0.1, -0.05) is 77.9 Å². The number of amides is 4. The van der Waals surface area contributed by atoms with E-state index in [9.17, 15) is 22.8 Å². The molecule has 300 valence electrons. The van der Waals surface area contributed by atoms with Crippen LogP contribution in [0.1, 0.15) is 93.8 Å². The number of urea groups is 2. The van der Waals surface area contributed by atoms with E-state index in [-0.39, 0.29) is 29.4 Å². The van der Waals surface area contributed by atoms with Gasteiger partial charge in [0.15, 0.2) is 0 Å². The summed E-state index contributed by atoms with van der Waals surface area (Å²) in [6.07, 6.45) is 2.17. The van der Waals surface area contributed by atoms with Gasteiger partial charge in [-0.3, -0.25) is 9.78 Å². The van der Waals surface area contributed by atoms with Crippen LogP contribution >= 0.6 is 0 Å². The van der Waals surface area contributed by atoms with Crippen LogP contribution in [0.2, 0.25) is 0 Å². The van der Waals surface area contributed by atoms with Crippen molar-refractivity contribution in [3.63, 3.8) is 0 Å². The first-order valence-corrected chi connectivity index (χ1v) is 19.1. The summed E-state index contributed by atoms with van der Waals surface area (Å²) in [4.78, 5) is 25.0. The van der Waals surface area contributed by atoms with Crippen molar-refractivity contribution in [3.05, 3.63) is 119 Å². The predicted octanol–water partition coefficient (Wildman–Crippen LogP) is 10.6. The number of nitrogens with one attached hydrogen (secondary N) is 5. The highest BCUT2D eigenvalue weighted by Gasteiger charge is 2.31. The zero-order valence-electron chi connectivity index (χ0n) is 33.5. The molecule has 0 saturated carbocycles. The van der Waals surface area contributed by atoms with Gasteiger partial charge in [0.25, 0.3) is 0 Å². The quantitative estimate of drug-likeness (QED) is 0.110. The molecule has 0 radical (unpaired) electrons. The van der Waals surface area contributed by atoms with Crippen LogP contribution in [0.5, 0.6) is 0 Å². The Bertz CT molecular complexity index is 2380. The standard InChI is InChI=1S/C23H27F3N4O.C21H24N4O/c1-22(2,3)11-10-15-12-17(23(24,25)26)9-8-16(15)13-27-21(31)29-19-6-5-7-20-18(19)14-28-30(20)4;1-21(2,3)14-8-9-15-13(11-14)7-10-18(15)24-20(26)23-17-5-4-6-19-16(17)12-22-25-19/h5-9,12,14H,10-11,13H2,1-4H3,(H2,27,29,31);4-6,8-9,11-12,18H,7,10H2,1-3H3,(H,22,25)(H2,23,24,26). The number of carbonyl (C=O) groups is 2. The molecule has 4 aromatic carbocycles. The van der Waals surface area contributed by atoms with Crippen molar-refractivity contribution >= 4 is 45.2 Å². The van der Waals surface area contributed by atoms with Crippen molar-refractivity contribution < 1.29 is 22.8 Å². The molecule has 57 heavy (non-hydrogen) atoms. The van der Waals surface area contributed by atoms with E-state index >= 15 is 0 Å². The van der Waals surface area contributed by atoms with Crippen molar-refractivity contribution in [3.8, 4) is 0 Å². The molecule has 5 N–H and O–H groups in total. The zero-order valence-corrected chi connectivity index (χ0v) is 33.5. The van der Waals surface area contributed by atoms with E-state index in [1.807, 2.05) is 58.2 Å². The third-order valence-corrected chi connectivity index (χ3v) is 10.3. The van der Waals surface area contributed by atoms with Crippen molar-refractivity contribution in [1.29, 1.82) is 0 Å². The highest BCUT2D eigenvalue weighted by atomic mass is 19.4. The number of alkyl halides is 3. The lowest BCUT2D eigenvalue weighted by atomic mass is 9.85. The largest absolute Gasteiger partial charge is 0.416 e. The minimum absolute atomic E-state index is 0.0152. The number of benzene rings is 4. The summed E-state index contributed by atoms with van der Waals surface area (Å²) < 4.78 is 41.2. The monoisotopic (exact) mass is 780 g/mol. The Kier molecular flexibility index (Phi) is 11.7. The normalized spacial score (nSPS) is 14.2. The number of rotatable bonds is 7. The Hall–Kier alpha value is -5.85. The molecule has 1 aliphatic rings. The van der Waals surface area contributed by atoms with Gasteiger partial charge < -0.3 is 21.3 Å². The second-order valence-electron chi connectivity index (χ2n) is 16.8.